The number of carbonyl (C=O) groups excluding carboxylic acids is 2. The number of amides is 2. The summed E-state index contributed by atoms with van der Waals surface area (Å²) in [6.45, 7) is 4.00. The summed E-state index contributed by atoms with van der Waals surface area (Å²) in [4.78, 5) is 27.6. The van der Waals surface area contributed by atoms with Gasteiger partial charge >= 0.3 is 0 Å². The van der Waals surface area contributed by atoms with Crippen molar-refractivity contribution in [3.05, 3.63) is 41.2 Å². The van der Waals surface area contributed by atoms with Crippen LogP contribution in [0.2, 0.25) is 0 Å². The van der Waals surface area contributed by atoms with Crippen LogP contribution in [0.3, 0.4) is 0 Å². The van der Waals surface area contributed by atoms with Gasteiger partial charge < -0.3 is 16.0 Å². The average Bonchev–Trinajstić information content (AvgIpc) is 2.97. The number of anilines is 2. The molecule has 128 valence electrons. The number of nitrogens with zero attached hydrogens (tertiary/aromatic N) is 1. The molecule has 8 heteroatoms. The smallest absolute Gasteiger partial charge is 0.270 e. The molecule has 0 aliphatic carbocycles. The Labute approximate surface area is 143 Å². The third-order valence-corrected chi connectivity index (χ3v) is 3.68. The summed E-state index contributed by atoms with van der Waals surface area (Å²) in [6.07, 6.45) is 0.217. The van der Waals surface area contributed by atoms with E-state index in [2.05, 4.69) is 20.9 Å². The zero-order valence-electron chi connectivity index (χ0n) is 13.4. The topological polar surface area (TPSA) is 83.1 Å². The molecular formula is C16H19FN4O2S. The van der Waals surface area contributed by atoms with Gasteiger partial charge in [-0.1, -0.05) is 0 Å². The molecule has 0 radical (unpaired) electrons. The minimum Gasteiger partial charge on any atom is -0.354 e. The first-order valence-electron chi connectivity index (χ1n) is 7.49. The first kappa shape index (κ1) is 17.9. The lowest BCUT2D eigenvalue weighted by Gasteiger charge is -2.08. The number of hydrogen-bond acceptors (Lipinski definition) is 5. The van der Waals surface area contributed by atoms with Crippen LogP contribution in [0.4, 0.5) is 15.2 Å². The molecule has 2 amide bonds. The van der Waals surface area contributed by atoms with Gasteiger partial charge in [-0.2, -0.15) is 0 Å². The zero-order valence-corrected chi connectivity index (χ0v) is 14.2. The van der Waals surface area contributed by atoms with Gasteiger partial charge in [-0.15, -0.1) is 11.3 Å². The summed E-state index contributed by atoms with van der Waals surface area (Å²) in [5.74, 6) is -0.765. The predicted octanol–water partition coefficient (Wildman–Crippen LogP) is 2.67. The lowest BCUT2D eigenvalue weighted by Crippen LogP contribution is -2.34. The molecule has 2 aromatic rings. The van der Waals surface area contributed by atoms with E-state index in [9.17, 15) is 14.0 Å². The molecule has 1 heterocycles. The van der Waals surface area contributed by atoms with E-state index < -0.39 is 0 Å². The van der Waals surface area contributed by atoms with Crippen LogP contribution in [0, 0.1) is 5.82 Å². The van der Waals surface area contributed by atoms with Crippen LogP contribution in [0.1, 0.15) is 30.8 Å². The van der Waals surface area contributed by atoms with E-state index in [0.29, 0.717) is 10.8 Å². The monoisotopic (exact) mass is 350 g/mol. The first-order valence-corrected chi connectivity index (χ1v) is 8.37. The largest absolute Gasteiger partial charge is 0.354 e. The highest BCUT2D eigenvalue weighted by atomic mass is 32.1. The minimum absolute atomic E-state index is 0.0758. The van der Waals surface area contributed by atoms with Gasteiger partial charge in [0.25, 0.3) is 5.91 Å². The third-order valence-electron chi connectivity index (χ3n) is 2.92. The van der Waals surface area contributed by atoms with E-state index >= 15 is 0 Å². The number of rotatable bonds is 7. The molecule has 0 aliphatic rings. The Morgan fingerprint density at radius 1 is 1.25 bits per heavy atom. The zero-order chi connectivity index (χ0) is 17.5. The normalized spacial score (nSPS) is 10.5. The highest BCUT2D eigenvalue weighted by molar-refractivity contribution is 7.14. The Kier molecular flexibility index (Phi) is 6.25. The average molecular weight is 350 g/mol. The Morgan fingerprint density at radius 2 is 1.96 bits per heavy atom. The molecule has 24 heavy (non-hydrogen) atoms. The predicted molar refractivity (Wildman–Crippen MR) is 92.0 cm³/mol. The fraction of sp³-hybridized carbons (Fsp3) is 0.312. The Hall–Kier alpha value is -2.48. The summed E-state index contributed by atoms with van der Waals surface area (Å²) in [5.41, 5.74) is 0.956. The molecule has 6 nitrogen and oxygen atoms in total. The van der Waals surface area contributed by atoms with E-state index in [1.807, 2.05) is 13.8 Å². The van der Waals surface area contributed by atoms with Gasteiger partial charge in [0, 0.05) is 30.1 Å². The second kappa shape index (κ2) is 8.39. The number of thiazole rings is 1. The standard InChI is InChI=1S/C16H19FN4O2S/c1-10(2)19-14(22)7-8-18-15(23)13-9-24-16(21-13)20-12-5-3-11(17)4-6-12/h3-6,9-10H,7-8H2,1-2H3,(H,18,23)(H,19,22)(H,20,21). The van der Waals surface area contributed by atoms with Crippen LogP contribution >= 0.6 is 11.3 Å². The van der Waals surface area contributed by atoms with Crippen LogP contribution in [-0.2, 0) is 4.79 Å². The molecule has 0 fully saturated rings. The number of nitrogens with one attached hydrogen (secondary N) is 3. The molecule has 0 aliphatic heterocycles. The maximum Gasteiger partial charge on any atom is 0.270 e. The van der Waals surface area contributed by atoms with Gasteiger partial charge in [-0.3, -0.25) is 9.59 Å². The number of aromatic nitrogens is 1. The SMILES string of the molecule is CC(C)NC(=O)CCNC(=O)c1csc(Nc2ccc(F)cc2)n1. The van der Waals surface area contributed by atoms with Crippen LogP contribution in [0.5, 0.6) is 0 Å². The number of halogens is 1. The Morgan fingerprint density at radius 3 is 2.62 bits per heavy atom. The van der Waals surface area contributed by atoms with Crippen LogP contribution in [0.15, 0.2) is 29.6 Å². The van der Waals surface area contributed by atoms with E-state index in [1.165, 1.54) is 23.5 Å². The molecular weight excluding hydrogens is 331 g/mol. The quantitative estimate of drug-likeness (QED) is 0.717. The van der Waals surface area contributed by atoms with Crippen molar-refractivity contribution in [1.29, 1.82) is 0 Å². The summed E-state index contributed by atoms with van der Waals surface area (Å²) in [5, 5.41) is 10.6. The van der Waals surface area contributed by atoms with Gasteiger partial charge in [0.05, 0.1) is 0 Å². The van der Waals surface area contributed by atoms with Gasteiger partial charge in [0.2, 0.25) is 5.91 Å². The third kappa shape index (κ3) is 5.62. The molecule has 1 aromatic heterocycles. The highest BCUT2D eigenvalue weighted by Crippen LogP contribution is 2.21. The molecule has 3 N–H and O–H groups in total. The van der Waals surface area contributed by atoms with Gasteiger partial charge in [0.1, 0.15) is 11.5 Å². The lowest BCUT2D eigenvalue weighted by molar-refractivity contribution is -0.121. The molecule has 0 saturated heterocycles. The second-order valence-corrected chi connectivity index (χ2v) is 6.26. The van der Waals surface area contributed by atoms with E-state index in [-0.39, 0.29) is 42.3 Å². The van der Waals surface area contributed by atoms with E-state index in [1.54, 1.807) is 17.5 Å². The van der Waals surface area contributed by atoms with Crippen molar-refractivity contribution in [3.8, 4) is 0 Å². The van der Waals surface area contributed by atoms with Crippen molar-refractivity contribution < 1.29 is 14.0 Å². The summed E-state index contributed by atoms with van der Waals surface area (Å²) in [7, 11) is 0. The van der Waals surface area contributed by atoms with Crippen molar-refractivity contribution in [2.75, 3.05) is 11.9 Å². The van der Waals surface area contributed by atoms with Crippen LogP contribution in [0.25, 0.3) is 0 Å². The first-order chi connectivity index (χ1) is 11.4. The minimum atomic E-state index is -0.337. The molecule has 1 aromatic carbocycles. The van der Waals surface area contributed by atoms with Crippen molar-refractivity contribution in [3.63, 3.8) is 0 Å². The van der Waals surface area contributed by atoms with Crippen molar-refractivity contribution in [1.82, 2.24) is 15.6 Å². The second-order valence-electron chi connectivity index (χ2n) is 5.40. The van der Waals surface area contributed by atoms with Gasteiger partial charge in [0.15, 0.2) is 5.13 Å². The summed E-state index contributed by atoms with van der Waals surface area (Å²) in [6, 6.07) is 5.93. The van der Waals surface area contributed by atoms with E-state index in [4.69, 9.17) is 0 Å². The fourth-order valence-corrected chi connectivity index (χ4v) is 2.58. The summed E-state index contributed by atoms with van der Waals surface area (Å²) < 4.78 is 12.9. The molecule has 0 unspecified atom stereocenters. The molecule has 0 spiro atoms. The molecule has 0 atom stereocenters. The molecule has 0 bridgehead atoms. The van der Waals surface area contributed by atoms with Crippen molar-refractivity contribution in [2.24, 2.45) is 0 Å². The lowest BCUT2D eigenvalue weighted by atomic mass is 10.3. The van der Waals surface area contributed by atoms with Crippen molar-refractivity contribution >= 4 is 34.0 Å². The maximum atomic E-state index is 12.9. The van der Waals surface area contributed by atoms with Crippen LogP contribution < -0.4 is 16.0 Å². The Balaban J connectivity index is 1.82. The number of benzene rings is 1. The van der Waals surface area contributed by atoms with Gasteiger partial charge in [-0.05, 0) is 38.1 Å². The fourth-order valence-electron chi connectivity index (χ4n) is 1.87. The number of hydrogen-bond donors (Lipinski definition) is 3. The van der Waals surface area contributed by atoms with Gasteiger partial charge in [-0.25, -0.2) is 9.37 Å². The number of carbonyl (C=O) groups is 2. The van der Waals surface area contributed by atoms with Crippen LogP contribution in [-0.4, -0.2) is 29.4 Å². The highest BCUT2D eigenvalue weighted by Gasteiger charge is 2.11. The summed E-state index contributed by atoms with van der Waals surface area (Å²) >= 11 is 1.27. The van der Waals surface area contributed by atoms with Crippen molar-refractivity contribution in [2.45, 2.75) is 26.3 Å². The molecule has 0 saturated carbocycles. The maximum absolute atomic E-state index is 12.9. The van der Waals surface area contributed by atoms with E-state index in [0.717, 1.165) is 0 Å². The molecule has 2 rings (SSSR count). The Bertz CT molecular complexity index is 700.